The van der Waals surface area contributed by atoms with Crippen molar-refractivity contribution in [2.45, 2.75) is 19.0 Å². The van der Waals surface area contributed by atoms with Gasteiger partial charge < -0.3 is 9.47 Å². The third kappa shape index (κ3) is 3.05. The summed E-state index contributed by atoms with van der Waals surface area (Å²) < 4.78 is 10.2. The quantitative estimate of drug-likeness (QED) is 0.781. The maximum Gasteiger partial charge on any atom is 0.327 e. The molecule has 1 N–H and O–H groups in total. The largest absolute Gasteiger partial charge is 0.465 e. The Morgan fingerprint density at radius 1 is 1.47 bits per heavy atom. The van der Waals surface area contributed by atoms with Gasteiger partial charge >= 0.3 is 5.97 Å². The monoisotopic (exact) mass is 235 g/mol. The Morgan fingerprint density at radius 3 is 2.71 bits per heavy atom. The first-order valence-corrected chi connectivity index (χ1v) is 5.86. The lowest BCUT2D eigenvalue weighted by atomic mass is 10.1. The van der Waals surface area contributed by atoms with E-state index in [0.29, 0.717) is 19.8 Å². The second-order valence-electron chi connectivity index (χ2n) is 4.00. The molecule has 0 aromatic heterocycles. The number of carbonyl (C=O) groups is 1. The zero-order valence-corrected chi connectivity index (χ0v) is 9.89. The van der Waals surface area contributed by atoms with Gasteiger partial charge in [0, 0.05) is 0 Å². The van der Waals surface area contributed by atoms with Crippen molar-refractivity contribution in [3.63, 3.8) is 0 Å². The summed E-state index contributed by atoms with van der Waals surface area (Å²) in [5.41, 5.74) is 0.929. The summed E-state index contributed by atoms with van der Waals surface area (Å²) in [6.07, 6.45) is 0. The molecule has 1 fully saturated rings. The fourth-order valence-electron chi connectivity index (χ4n) is 1.74. The minimum absolute atomic E-state index is 0.231. The fourth-order valence-corrected chi connectivity index (χ4v) is 1.74. The van der Waals surface area contributed by atoms with Crippen LogP contribution in [-0.4, -0.2) is 31.8 Å². The zero-order chi connectivity index (χ0) is 12.1. The number of hydrogen-bond donors (Lipinski definition) is 1. The van der Waals surface area contributed by atoms with Crippen molar-refractivity contribution < 1.29 is 14.3 Å². The maximum absolute atomic E-state index is 11.9. The Kier molecular flexibility index (Phi) is 4.12. The van der Waals surface area contributed by atoms with Crippen LogP contribution in [0.1, 0.15) is 18.5 Å². The Balaban J connectivity index is 2.08. The van der Waals surface area contributed by atoms with Gasteiger partial charge in [-0.2, -0.15) is 0 Å². The van der Waals surface area contributed by atoms with Gasteiger partial charge in [-0.05, 0) is 12.5 Å². The minimum Gasteiger partial charge on any atom is -0.465 e. The van der Waals surface area contributed by atoms with Gasteiger partial charge in [-0.3, -0.25) is 5.32 Å². The molecule has 0 aliphatic carbocycles. The molecule has 1 heterocycles. The molecule has 1 atom stereocenters. The van der Waals surface area contributed by atoms with Crippen LogP contribution in [0.25, 0.3) is 0 Å². The van der Waals surface area contributed by atoms with E-state index in [0.717, 1.165) is 5.56 Å². The highest BCUT2D eigenvalue weighted by Crippen LogP contribution is 2.17. The van der Waals surface area contributed by atoms with Crippen LogP contribution in [-0.2, 0) is 14.3 Å². The van der Waals surface area contributed by atoms with Crippen LogP contribution in [0.2, 0.25) is 0 Å². The van der Waals surface area contributed by atoms with Crippen LogP contribution in [0.15, 0.2) is 30.3 Å². The van der Waals surface area contributed by atoms with Crippen molar-refractivity contribution in [1.29, 1.82) is 0 Å². The molecule has 1 aromatic carbocycles. The first-order valence-electron chi connectivity index (χ1n) is 5.86. The molecule has 4 heteroatoms. The normalized spacial score (nSPS) is 17.2. The molecule has 1 aliphatic rings. The van der Waals surface area contributed by atoms with Crippen molar-refractivity contribution in [2.24, 2.45) is 0 Å². The summed E-state index contributed by atoms with van der Waals surface area (Å²) >= 11 is 0. The van der Waals surface area contributed by atoms with Crippen LogP contribution < -0.4 is 5.32 Å². The summed E-state index contributed by atoms with van der Waals surface area (Å²) in [6.45, 7) is 3.52. The van der Waals surface area contributed by atoms with E-state index in [1.54, 1.807) is 0 Å². The van der Waals surface area contributed by atoms with Crippen molar-refractivity contribution >= 4 is 5.97 Å². The Hall–Kier alpha value is -1.39. The summed E-state index contributed by atoms with van der Waals surface area (Å²) in [6, 6.07) is 9.45. The molecule has 1 saturated heterocycles. The molecule has 4 nitrogen and oxygen atoms in total. The molecule has 0 saturated carbocycles. The van der Waals surface area contributed by atoms with Gasteiger partial charge in [0.1, 0.15) is 6.04 Å². The number of rotatable bonds is 5. The number of esters is 1. The molecule has 17 heavy (non-hydrogen) atoms. The molecule has 1 aromatic rings. The lowest BCUT2D eigenvalue weighted by Gasteiger charge is -2.30. The van der Waals surface area contributed by atoms with E-state index in [1.807, 2.05) is 37.3 Å². The van der Waals surface area contributed by atoms with Crippen molar-refractivity contribution in [1.82, 2.24) is 5.32 Å². The topological polar surface area (TPSA) is 47.6 Å². The molecule has 0 radical (unpaired) electrons. The van der Waals surface area contributed by atoms with Gasteiger partial charge in [-0.15, -0.1) is 0 Å². The van der Waals surface area contributed by atoms with Gasteiger partial charge in [-0.25, -0.2) is 4.79 Å². The second kappa shape index (κ2) is 5.80. The van der Waals surface area contributed by atoms with E-state index in [-0.39, 0.29) is 12.0 Å². The smallest absolute Gasteiger partial charge is 0.327 e. The second-order valence-corrected chi connectivity index (χ2v) is 4.00. The van der Waals surface area contributed by atoms with Crippen LogP contribution in [0, 0.1) is 0 Å². The average molecular weight is 235 g/mol. The highest BCUT2D eigenvalue weighted by molar-refractivity contribution is 5.77. The van der Waals surface area contributed by atoms with Gasteiger partial charge in [0.15, 0.2) is 0 Å². The fraction of sp³-hybridized carbons (Fsp3) is 0.462. The molecule has 1 aliphatic heterocycles. The van der Waals surface area contributed by atoms with E-state index >= 15 is 0 Å². The molecular weight excluding hydrogens is 218 g/mol. The highest BCUT2D eigenvalue weighted by Gasteiger charge is 2.28. The van der Waals surface area contributed by atoms with Crippen LogP contribution in [0.5, 0.6) is 0 Å². The third-order valence-electron chi connectivity index (χ3n) is 2.70. The number of carbonyl (C=O) groups excluding carboxylic acids is 1. The zero-order valence-electron chi connectivity index (χ0n) is 9.89. The minimum atomic E-state index is -0.398. The average Bonchev–Trinajstić information content (AvgIpc) is 2.29. The van der Waals surface area contributed by atoms with E-state index in [9.17, 15) is 4.79 Å². The Bertz CT molecular complexity index is 362. The van der Waals surface area contributed by atoms with Gasteiger partial charge in [0.05, 0.1) is 25.9 Å². The number of benzene rings is 1. The van der Waals surface area contributed by atoms with Crippen LogP contribution in [0.3, 0.4) is 0 Å². The number of ether oxygens (including phenoxy) is 2. The highest BCUT2D eigenvalue weighted by atomic mass is 16.5. The molecule has 0 amide bonds. The predicted molar refractivity (Wildman–Crippen MR) is 63.6 cm³/mol. The third-order valence-corrected chi connectivity index (χ3v) is 2.70. The summed E-state index contributed by atoms with van der Waals surface area (Å²) in [5.74, 6) is -0.231. The predicted octanol–water partition coefficient (Wildman–Crippen LogP) is 1.28. The van der Waals surface area contributed by atoms with E-state index in [4.69, 9.17) is 9.47 Å². The van der Waals surface area contributed by atoms with Crippen molar-refractivity contribution in [2.75, 3.05) is 19.8 Å². The molecule has 2 rings (SSSR count). The van der Waals surface area contributed by atoms with Crippen LogP contribution >= 0.6 is 0 Å². The molecule has 0 spiro atoms. The van der Waals surface area contributed by atoms with E-state index < -0.39 is 6.04 Å². The summed E-state index contributed by atoms with van der Waals surface area (Å²) in [4.78, 5) is 11.9. The van der Waals surface area contributed by atoms with Crippen molar-refractivity contribution in [3.05, 3.63) is 35.9 Å². The Morgan fingerprint density at radius 2 is 2.18 bits per heavy atom. The molecule has 92 valence electrons. The molecular formula is C13H17NO3. The lowest BCUT2D eigenvalue weighted by molar-refractivity contribution is -0.147. The van der Waals surface area contributed by atoms with E-state index in [2.05, 4.69) is 5.32 Å². The van der Waals surface area contributed by atoms with Gasteiger partial charge in [-0.1, -0.05) is 30.3 Å². The standard InChI is InChI=1S/C13H17NO3/c1-2-17-13(15)12(14-11-8-16-9-11)10-6-4-3-5-7-10/h3-7,11-12,14H,2,8-9H2,1H3. The number of hydrogen-bond acceptors (Lipinski definition) is 4. The maximum atomic E-state index is 11.9. The lowest BCUT2D eigenvalue weighted by Crippen LogP contribution is -2.49. The van der Waals surface area contributed by atoms with Gasteiger partial charge in [0.2, 0.25) is 0 Å². The Labute approximate surface area is 101 Å². The number of nitrogens with one attached hydrogen (secondary N) is 1. The summed E-state index contributed by atoms with van der Waals surface area (Å²) in [5, 5.41) is 3.25. The molecule has 1 unspecified atom stereocenters. The van der Waals surface area contributed by atoms with Crippen LogP contribution in [0.4, 0.5) is 0 Å². The van der Waals surface area contributed by atoms with E-state index in [1.165, 1.54) is 0 Å². The molecule has 0 bridgehead atoms. The summed E-state index contributed by atoms with van der Waals surface area (Å²) in [7, 11) is 0. The van der Waals surface area contributed by atoms with Crippen molar-refractivity contribution in [3.8, 4) is 0 Å². The first-order chi connectivity index (χ1) is 8.31. The van der Waals surface area contributed by atoms with Gasteiger partial charge in [0.25, 0.3) is 0 Å². The SMILES string of the molecule is CCOC(=O)C(NC1COC1)c1ccccc1. The first kappa shape index (κ1) is 12.1.